The highest BCUT2D eigenvalue weighted by Crippen LogP contribution is 2.54. The van der Waals surface area contributed by atoms with Gasteiger partial charge in [-0.15, -0.1) is 0 Å². The zero-order valence-corrected chi connectivity index (χ0v) is 15.7. The Morgan fingerprint density at radius 2 is 1.81 bits per heavy atom. The number of nitrogens with zero attached hydrogens (tertiary/aromatic N) is 1. The Kier molecular flexibility index (Phi) is 4.35. The van der Waals surface area contributed by atoms with Crippen molar-refractivity contribution in [3.8, 4) is 17.2 Å². The highest BCUT2D eigenvalue weighted by Gasteiger charge is 2.59. The molecule has 0 radical (unpaired) electrons. The van der Waals surface area contributed by atoms with Gasteiger partial charge in [0.15, 0.2) is 11.6 Å². The van der Waals surface area contributed by atoms with Gasteiger partial charge in [0, 0.05) is 30.0 Å². The molecule has 1 aliphatic heterocycles. The van der Waals surface area contributed by atoms with Crippen LogP contribution in [0.15, 0.2) is 48.7 Å². The predicted octanol–water partition coefficient (Wildman–Crippen LogP) is 3.92. The van der Waals surface area contributed by atoms with E-state index in [9.17, 15) is 18.0 Å². The van der Waals surface area contributed by atoms with Gasteiger partial charge in [-0.05, 0) is 24.3 Å². The van der Waals surface area contributed by atoms with E-state index in [4.69, 9.17) is 15.2 Å². The van der Waals surface area contributed by atoms with E-state index < -0.39 is 29.2 Å². The molecule has 3 aromatic rings. The number of ether oxygens (including phenoxy) is 2. The number of nitrogens with one attached hydrogen (secondary N) is 2. The molecule has 2 aromatic carbocycles. The summed E-state index contributed by atoms with van der Waals surface area (Å²) in [5.74, 6) is -1.68. The molecule has 0 spiro atoms. The molecule has 5 rings (SSSR count). The second-order valence-electron chi connectivity index (χ2n) is 7.20. The van der Waals surface area contributed by atoms with Crippen LogP contribution >= 0.6 is 0 Å². The van der Waals surface area contributed by atoms with Gasteiger partial charge in [-0.3, -0.25) is 0 Å². The van der Waals surface area contributed by atoms with E-state index in [1.165, 1.54) is 6.20 Å². The third kappa shape index (κ3) is 3.56. The van der Waals surface area contributed by atoms with Gasteiger partial charge in [0.1, 0.15) is 35.0 Å². The average Bonchev–Trinajstić information content (AvgIpc) is 3.23. The fraction of sp³-hybridized carbons (Fsp3) is 0.143. The van der Waals surface area contributed by atoms with Gasteiger partial charge in [0.05, 0.1) is 17.6 Å². The Morgan fingerprint density at radius 3 is 2.61 bits per heavy atom. The van der Waals surface area contributed by atoms with Gasteiger partial charge < -0.3 is 25.8 Å². The first-order valence-electron chi connectivity index (χ1n) is 9.31. The number of urea groups is 1. The molecule has 0 bridgehead atoms. The lowest BCUT2D eigenvalue weighted by atomic mass is 10.1. The highest BCUT2D eigenvalue weighted by atomic mass is 19.2. The largest absolute Gasteiger partial charge is 0.487 e. The standard InChI is InChI=1S/C21H15F3N4O3/c22-12-7-14(24)15(8-13(12)23)27-21(29)28-19-18-11-5-9(1-2-16(11)31-20(18)19)30-10-3-4-26-17(25)6-10/h1-8,18-20H,(H2,25,26)(H2,27,28,29)/t18-,19-,20-/m0/s1. The van der Waals surface area contributed by atoms with Gasteiger partial charge in [-0.1, -0.05) is 0 Å². The zero-order chi connectivity index (χ0) is 21.7. The average molecular weight is 428 g/mol. The van der Waals surface area contributed by atoms with Crippen LogP contribution in [0, 0.1) is 17.5 Å². The van der Waals surface area contributed by atoms with E-state index >= 15 is 0 Å². The molecular weight excluding hydrogens is 413 g/mol. The monoisotopic (exact) mass is 428 g/mol. The minimum absolute atomic E-state index is 0.110. The van der Waals surface area contributed by atoms with Crippen LogP contribution in [0.25, 0.3) is 0 Å². The summed E-state index contributed by atoms with van der Waals surface area (Å²) in [6.07, 6.45) is 1.26. The molecule has 1 saturated carbocycles. The summed E-state index contributed by atoms with van der Waals surface area (Å²) in [6, 6.07) is 8.44. The van der Waals surface area contributed by atoms with Crippen LogP contribution in [0.4, 0.5) is 29.5 Å². The lowest BCUT2D eigenvalue weighted by Crippen LogP contribution is -2.34. The maximum absolute atomic E-state index is 13.7. The van der Waals surface area contributed by atoms with Crippen LogP contribution < -0.4 is 25.8 Å². The molecule has 0 saturated heterocycles. The van der Waals surface area contributed by atoms with E-state index in [2.05, 4.69) is 15.6 Å². The zero-order valence-electron chi connectivity index (χ0n) is 15.7. The fourth-order valence-electron chi connectivity index (χ4n) is 3.63. The van der Waals surface area contributed by atoms with Crippen LogP contribution in [-0.2, 0) is 0 Å². The fourth-order valence-corrected chi connectivity index (χ4v) is 3.63. The summed E-state index contributed by atoms with van der Waals surface area (Å²) in [7, 11) is 0. The predicted molar refractivity (Wildman–Crippen MR) is 105 cm³/mol. The number of benzene rings is 2. The van der Waals surface area contributed by atoms with Gasteiger partial charge in [0.2, 0.25) is 0 Å². The number of carbonyl (C=O) groups is 1. The van der Waals surface area contributed by atoms with Crippen molar-refractivity contribution >= 4 is 17.5 Å². The molecular formula is C21H15F3N4O3. The van der Waals surface area contributed by atoms with E-state index in [0.717, 1.165) is 5.56 Å². The van der Waals surface area contributed by atoms with E-state index in [1.54, 1.807) is 24.3 Å². The van der Waals surface area contributed by atoms with Crippen molar-refractivity contribution in [3.63, 3.8) is 0 Å². The second-order valence-corrected chi connectivity index (χ2v) is 7.20. The number of rotatable bonds is 4. The number of aromatic nitrogens is 1. The second kappa shape index (κ2) is 7.08. The smallest absolute Gasteiger partial charge is 0.319 e. The number of hydrogen-bond donors (Lipinski definition) is 3. The Hall–Kier alpha value is -3.95. The molecule has 2 amide bonds. The van der Waals surface area contributed by atoms with Crippen molar-refractivity contribution in [1.82, 2.24) is 10.3 Å². The molecule has 4 N–H and O–H groups in total. The number of halogens is 3. The number of amides is 2. The number of fused-ring (bicyclic) bond motifs is 3. The molecule has 0 unspecified atom stereocenters. The first-order valence-corrected chi connectivity index (χ1v) is 9.31. The van der Waals surface area contributed by atoms with Crippen molar-refractivity contribution < 1.29 is 27.4 Å². The maximum atomic E-state index is 13.7. The molecule has 10 heteroatoms. The molecule has 7 nitrogen and oxygen atoms in total. The Bertz CT molecular complexity index is 1210. The van der Waals surface area contributed by atoms with Gasteiger partial charge >= 0.3 is 6.03 Å². The molecule has 2 heterocycles. The number of anilines is 2. The number of pyridine rings is 1. The quantitative estimate of drug-likeness (QED) is 0.547. The minimum Gasteiger partial charge on any atom is -0.487 e. The van der Waals surface area contributed by atoms with E-state index in [1.807, 2.05) is 6.07 Å². The molecule has 31 heavy (non-hydrogen) atoms. The molecule has 1 aromatic heterocycles. The number of hydrogen-bond acceptors (Lipinski definition) is 5. The summed E-state index contributed by atoms with van der Waals surface area (Å²) in [4.78, 5) is 16.1. The summed E-state index contributed by atoms with van der Waals surface area (Å²) in [5.41, 5.74) is 6.05. The number of nitrogen functional groups attached to an aromatic ring is 1. The summed E-state index contributed by atoms with van der Waals surface area (Å²) >= 11 is 0. The van der Waals surface area contributed by atoms with Gasteiger partial charge in [-0.2, -0.15) is 0 Å². The van der Waals surface area contributed by atoms with Crippen LogP contribution in [0.3, 0.4) is 0 Å². The number of carbonyl (C=O) groups excluding carboxylic acids is 1. The van der Waals surface area contributed by atoms with Crippen LogP contribution in [0.2, 0.25) is 0 Å². The molecule has 1 fully saturated rings. The van der Waals surface area contributed by atoms with Crippen molar-refractivity contribution in [2.24, 2.45) is 0 Å². The number of nitrogens with two attached hydrogens (primary N) is 1. The maximum Gasteiger partial charge on any atom is 0.319 e. The molecule has 2 aliphatic rings. The Morgan fingerprint density at radius 1 is 1.03 bits per heavy atom. The molecule has 158 valence electrons. The lowest BCUT2D eigenvalue weighted by Gasteiger charge is -2.13. The van der Waals surface area contributed by atoms with E-state index in [-0.39, 0.29) is 18.1 Å². The topological polar surface area (TPSA) is 98.5 Å². The SMILES string of the molecule is Nc1cc(Oc2ccc3c(c2)[C@H]2[C@H](NC(=O)Nc4cc(F)c(F)cc4F)[C@H]2O3)ccn1. The summed E-state index contributed by atoms with van der Waals surface area (Å²) in [5, 5.41) is 4.84. The summed E-state index contributed by atoms with van der Waals surface area (Å²) < 4.78 is 51.7. The van der Waals surface area contributed by atoms with Crippen molar-refractivity contribution in [2.45, 2.75) is 18.1 Å². The lowest BCUT2D eigenvalue weighted by molar-refractivity contribution is 0.246. The van der Waals surface area contributed by atoms with Crippen molar-refractivity contribution in [3.05, 3.63) is 71.7 Å². The highest BCUT2D eigenvalue weighted by molar-refractivity contribution is 5.90. The van der Waals surface area contributed by atoms with Crippen LogP contribution in [0.5, 0.6) is 17.2 Å². The Labute approximate surface area is 174 Å². The van der Waals surface area contributed by atoms with Gasteiger partial charge in [-0.25, -0.2) is 22.9 Å². The third-order valence-electron chi connectivity index (χ3n) is 5.10. The Balaban J connectivity index is 1.26. The molecule has 1 aliphatic carbocycles. The summed E-state index contributed by atoms with van der Waals surface area (Å²) in [6.45, 7) is 0. The van der Waals surface area contributed by atoms with Crippen molar-refractivity contribution in [2.75, 3.05) is 11.1 Å². The first kappa shape index (κ1) is 19.0. The van der Waals surface area contributed by atoms with Crippen LogP contribution in [0.1, 0.15) is 11.5 Å². The molecule has 3 atom stereocenters. The van der Waals surface area contributed by atoms with Crippen molar-refractivity contribution in [1.29, 1.82) is 0 Å². The van der Waals surface area contributed by atoms with Gasteiger partial charge in [0.25, 0.3) is 0 Å². The third-order valence-corrected chi connectivity index (χ3v) is 5.10. The first-order chi connectivity index (χ1) is 14.9. The minimum atomic E-state index is -1.34. The van der Waals surface area contributed by atoms with Crippen LogP contribution in [-0.4, -0.2) is 23.2 Å². The van der Waals surface area contributed by atoms with E-state index in [0.29, 0.717) is 35.2 Å². The normalized spacial score (nSPS) is 20.3.